The molecule has 5 nitrogen and oxygen atoms in total. The molecule has 1 heterocycles. The average Bonchev–Trinajstić information content (AvgIpc) is 2.49. The summed E-state index contributed by atoms with van der Waals surface area (Å²) >= 11 is 0. The number of fused-ring (bicyclic) bond motifs is 1. The summed E-state index contributed by atoms with van der Waals surface area (Å²) in [5.41, 5.74) is 10.2. The van der Waals surface area contributed by atoms with E-state index in [0.29, 0.717) is 17.1 Å². The van der Waals surface area contributed by atoms with E-state index in [1.165, 1.54) is 5.56 Å². The van der Waals surface area contributed by atoms with E-state index in [1.807, 2.05) is 12.1 Å². The zero-order valence-electron chi connectivity index (χ0n) is 11.8. The Morgan fingerprint density at radius 1 is 1.29 bits per heavy atom. The molecule has 0 spiro atoms. The van der Waals surface area contributed by atoms with E-state index < -0.39 is 0 Å². The van der Waals surface area contributed by atoms with Gasteiger partial charge in [-0.05, 0) is 30.2 Å². The van der Waals surface area contributed by atoms with E-state index in [2.05, 4.69) is 29.7 Å². The molecule has 4 N–H and O–H groups in total. The maximum atomic E-state index is 11.4. The van der Waals surface area contributed by atoms with Crippen molar-refractivity contribution < 1.29 is 9.53 Å². The molecule has 0 radical (unpaired) electrons. The number of ether oxygens (including phenoxy) is 1. The zero-order chi connectivity index (χ0) is 14.8. The van der Waals surface area contributed by atoms with Crippen molar-refractivity contribution in [3.05, 3.63) is 42.0 Å². The second-order valence-corrected chi connectivity index (χ2v) is 4.95. The molecule has 1 amide bonds. The molecule has 1 aliphatic heterocycles. The number of nitrogens with one attached hydrogen (secondary N) is 2. The Labute approximate surface area is 123 Å². The normalized spacial score (nSPS) is 13.1. The van der Waals surface area contributed by atoms with Gasteiger partial charge in [0.25, 0.3) is 5.91 Å². The molecular formula is C16H17N3O2. The van der Waals surface area contributed by atoms with Gasteiger partial charge < -0.3 is 21.1 Å². The van der Waals surface area contributed by atoms with Crippen molar-refractivity contribution in [2.45, 2.75) is 13.3 Å². The minimum atomic E-state index is -0.162. The molecule has 108 valence electrons. The van der Waals surface area contributed by atoms with Gasteiger partial charge in [0.05, 0.1) is 17.1 Å². The maximum Gasteiger partial charge on any atom is 0.262 e. The summed E-state index contributed by atoms with van der Waals surface area (Å²) < 4.78 is 5.33. The van der Waals surface area contributed by atoms with Crippen LogP contribution >= 0.6 is 0 Å². The SMILES string of the molecule is CCc1ccc(Nc2cc3c(cc2N)OCC(=O)N3)cc1. The van der Waals surface area contributed by atoms with Crippen LogP contribution in [0.5, 0.6) is 5.75 Å². The molecule has 0 aliphatic carbocycles. The number of anilines is 4. The average molecular weight is 283 g/mol. The highest BCUT2D eigenvalue weighted by Crippen LogP contribution is 2.36. The highest BCUT2D eigenvalue weighted by molar-refractivity contribution is 5.97. The van der Waals surface area contributed by atoms with Crippen LogP contribution in [-0.4, -0.2) is 12.5 Å². The number of hydrogen-bond acceptors (Lipinski definition) is 4. The smallest absolute Gasteiger partial charge is 0.262 e. The van der Waals surface area contributed by atoms with Crippen LogP contribution in [0.2, 0.25) is 0 Å². The highest BCUT2D eigenvalue weighted by atomic mass is 16.5. The third kappa shape index (κ3) is 2.76. The number of rotatable bonds is 3. The zero-order valence-corrected chi connectivity index (χ0v) is 11.8. The number of nitrogen functional groups attached to an aromatic ring is 1. The summed E-state index contributed by atoms with van der Waals surface area (Å²) in [6, 6.07) is 11.7. The number of aryl methyl sites for hydroxylation is 1. The fraction of sp³-hybridized carbons (Fsp3) is 0.188. The van der Waals surface area contributed by atoms with Gasteiger partial charge in [0.1, 0.15) is 5.75 Å². The van der Waals surface area contributed by atoms with E-state index in [0.717, 1.165) is 17.8 Å². The Balaban J connectivity index is 1.87. The van der Waals surface area contributed by atoms with Crippen molar-refractivity contribution >= 4 is 28.7 Å². The number of carbonyl (C=O) groups is 1. The molecule has 0 unspecified atom stereocenters. The van der Waals surface area contributed by atoms with Crippen molar-refractivity contribution in [2.24, 2.45) is 0 Å². The third-order valence-electron chi connectivity index (χ3n) is 3.43. The van der Waals surface area contributed by atoms with E-state index in [1.54, 1.807) is 12.1 Å². The quantitative estimate of drug-likeness (QED) is 0.757. The first-order chi connectivity index (χ1) is 10.2. The minimum Gasteiger partial charge on any atom is -0.482 e. The molecule has 0 fully saturated rings. The van der Waals surface area contributed by atoms with Crippen molar-refractivity contribution in [2.75, 3.05) is 23.0 Å². The summed E-state index contributed by atoms with van der Waals surface area (Å²) in [7, 11) is 0. The molecule has 3 rings (SSSR count). The lowest BCUT2D eigenvalue weighted by Gasteiger charge is -2.20. The van der Waals surface area contributed by atoms with Crippen LogP contribution in [0.3, 0.4) is 0 Å². The molecule has 21 heavy (non-hydrogen) atoms. The number of carbonyl (C=O) groups excluding carboxylic acids is 1. The van der Waals surface area contributed by atoms with E-state index in [4.69, 9.17) is 10.5 Å². The second kappa shape index (κ2) is 5.36. The summed E-state index contributed by atoms with van der Waals surface area (Å²) in [5.74, 6) is 0.435. The Bertz CT molecular complexity index is 681. The molecule has 2 aromatic rings. The van der Waals surface area contributed by atoms with Gasteiger partial charge in [-0.25, -0.2) is 0 Å². The molecule has 1 aliphatic rings. The van der Waals surface area contributed by atoms with Gasteiger partial charge in [0.2, 0.25) is 0 Å². The van der Waals surface area contributed by atoms with Gasteiger partial charge in [-0.15, -0.1) is 0 Å². The van der Waals surface area contributed by atoms with E-state index in [-0.39, 0.29) is 12.5 Å². The number of amides is 1. The largest absolute Gasteiger partial charge is 0.482 e. The van der Waals surface area contributed by atoms with Crippen molar-refractivity contribution in [1.29, 1.82) is 0 Å². The van der Waals surface area contributed by atoms with Crippen LogP contribution < -0.4 is 21.1 Å². The lowest BCUT2D eigenvalue weighted by Crippen LogP contribution is -2.25. The Kier molecular flexibility index (Phi) is 3.39. The molecule has 0 aromatic heterocycles. The van der Waals surface area contributed by atoms with Gasteiger partial charge in [-0.2, -0.15) is 0 Å². The number of nitrogens with two attached hydrogens (primary N) is 1. The fourth-order valence-corrected chi connectivity index (χ4v) is 2.23. The van der Waals surface area contributed by atoms with Crippen molar-refractivity contribution in [3.63, 3.8) is 0 Å². The van der Waals surface area contributed by atoms with Crippen LogP contribution in [0.25, 0.3) is 0 Å². The fourth-order valence-electron chi connectivity index (χ4n) is 2.23. The Hall–Kier alpha value is -2.69. The minimum absolute atomic E-state index is 0.0255. The summed E-state index contributed by atoms with van der Waals surface area (Å²) in [6.07, 6.45) is 1.00. The highest BCUT2D eigenvalue weighted by Gasteiger charge is 2.17. The summed E-state index contributed by atoms with van der Waals surface area (Å²) in [5, 5.41) is 6.03. The summed E-state index contributed by atoms with van der Waals surface area (Å²) in [6.45, 7) is 2.14. The molecule has 2 aromatic carbocycles. The Morgan fingerprint density at radius 3 is 2.76 bits per heavy atom. The van der Waals surface area contributed by atoms with Crippen LogP contribution in [-0.2, 0) is 11.2 Å². The lowest BCUT2D eigenvalue weighted by atomic mass is 10.1. The molecule has 0 bridgehead atoms. The first kappa shape index (κ1) is 13.3. The summed E-state index contributed by atoms with van der Waals surface area (Å²) in [4.78, 5) is 11.4. The van der Waals surface area contributed by atoms with Gasteiger partial charge in [0.15, 0.2) is 6.61 Å². The van der Waals surface area contributed by atoms with Crippen LogP contribution in [0.1, 0.15) is 12.5 Å². The molecular weight excluding hydrogens is 266 g/mol. The first-order valence-electron chi connectivity index (χ1n) is 6.88. The molecule has 0 saturated heterocycles. The molecule has 5 heteroatoms. The standard InChI is InChI=1S/C16H17N3O2/c1-2-10-3-5-11(6-4-10)18-13-8-14-15(7-12(13)17)21-9-16(20)19-14/h3-8,18H,2,9,17H2,1H3,(H,19,20). The second-order valence-electron chi connectivity index (χ2n) is 4.95. The number of benzene rings is 2. The van der Waals surface area contributed by atoms with Crippen LogP contribution in [0, 0.1) is 0 Å². The first-order valence-corrected chi connectivity index (χ1v) is 6.88. The van der Waals surface area contributed by atoms with Crippen LogP contribution in [0.4, 0.5) is 22.7 Å². The van der Waals surface area contributed by atoms with Crippen LogP contribution in [0.15, 0.2) is 36.4 Å². The monoisotopic (exact) mass is 283 g/mol. The molecule has 0 saturated carbocycles. The number of hydrogen-bond donors (Lipinski definition) is 3. The topological polar surface area (TPSA) is 76.4 Å². The maximum absolute atomic E-state index is 11.4. The van der Waals surface area contributed by atoms with E-state index >= 15 is 0 Å². The van der Waals surface area contributed by atoms with Gasteiger partial charge in [-0.3, -0.25) is 4.79 Å². The van der Waals surface area contributed by atoms with E-state index in [9.17, 15) is 4.79 Å². The van der Waals surface area contributed by atoms with Gasteiger partial charge in [-0.1, -0.05) is 19.1 Å². The van der Waals surface area contributed by atoms with Crippen molar-refractivity contribution in [3.8, 4) is 5.75 Å². The van der Waals surface area contributed by atoms with Gasteiger partial charge in [0, 0.05) is 11.8 Å². The predicted molar refractivity (Wildman–Crippen MR) is 84.1 cm³/mol. The van der Waals surface area contributed by atoms with Crippen molar-refractivity contribution in [1.82, 2.24) is 0 Å². The Morgan fingerprint density at radius 2 is 2.05 bits per heavy atom. The predicted octanol–water partition coefficient (Wildman–Crippen LogP) is 2.91. The van der Waals surface area contributed by atoms with Gasteiger partial charge >= 0.3 is 0 Å². The molecule has 0 atom stereocenters. The lowest BCUT2D eigenvalue weighted by molar-refractivity contribution is -0.118. The third-order valence-corrected chi connectivity index (χ3v) is 3.43.